The molecule has 0 aliphatic rings. The maximum absolute atomic E-state index is 9.30. The second kappa shape index (κ2) is 6.36. The van der Waals surface area contributed by atoms with Crippen molar-refractivity contribution in [2.75, 3.05) is 0 Å². The molecule has 0 aromatic heterocycles. The molecule has 1 aromatic carbocycles. The molecule has 6 heteroatoms. The Balaban J connectivity index is 0.000000671. The van der Waals surface area contributed by atoms with E-state index in [-0.39, 0.29) is 5.75 Å². The number of hydrogen-bond acceptors (Lipinski definition) is 4. The highest BCUT2D eigenvalue weighted by Crippen LogP contribution is 2.26. The largest absolute Gasteiger partial charge is 0.506 e. The second-order valence-corrected chi connectivity index (χ2v) is 4.22. The normalized spacial score (nSPS) is 8.23. The van der Waals surface area contributed by atoms with E-state index in [0.29, 0.717) is 12.7 Å². The molecule has 0 saturated heterocycles. The molecular formula is C7H5I2NO3. The van der Waals surface area contributed by atoms with Gasteiger partial charge in [0.15, 0.2) is 0 Å². The number of rotatable bonds is 0. The number of hydrogen-bond donors (Lipinski definition) is 3. The first-order valence-electron chi connectivity index (χ1n) is 2.93. The average Bonchev–Trinajstić information content (AvgIpc) is 2.16. The van der Waals surface area contributed by atoms with E-state index < -0.39 is 0 Å². The molecule has 1 rings (SSSR count). The fourth-order valence-electron chi connectivity index (χ4n) is 0.630. The molecule has 0 atom stereocenters. The van der Waals surface area contributed by atoms with Gasteiger partial charge in [0.25, 0.3) is 0 Å². The molecule has 0 amide bonds. The van der Waals surface area contributed by atoms with Crippen LogP contribution in [0.3, 0.4) is 0 Å². The van der Waals surface area contributed by atoms with Crippen LogP contribution in [0.1, 0.15) is 5.56 Å². The summed E-state index contributed by atoms with van der Waals surface area (Å²) in [6.07, 6.45) is 0. The van der Waals surface area contributed by atoms with Crippen molar-refractivity contribution in [3.05, 3.63) is 24.8 Å². The highest BCUT2D eigenvalue weighted by molar-refractivity contribution is 14.1. The SMILES string of the molecule is N#Cc1cc(I)c(O)c(I)c1.OO. The Morgan fingerprint density at radius 3 is 1.85 bits per heavy atom. The number of phenolic OH excluding ortho intramolecular Hbond substituents is 1. The zero-order chi connectivity index (χ0) is 10.4. The van der Waals surface area contributed by atoms with Crippen LogP contribution in [-0.2, 0) is 0 Å². The molecule has 0 fully saturated rings. The van der Waals surface area contributed by atoms with Crippen LogP contribution in [0.5, 0.6) is 5.75 Å². The van der Waals surface area contributed by atoms with E-state index in [1.807, 2.05) is 51.3 Å². The van der Waals surface area contributed by atoms with Crippen molar-refractivity contribution < 1.29 is 15.6 Å². The summed E-state index contributed by atoms with van der Waals surface area (Å²) in [7, 11) is 0. The van der Waals surface area contributed by atoms with Gasteiger partial charge in [0, 0.05) is 0 Å². The Kier molecular flexibility index (Phi) is 6.31. The standard InChI is InChI=1S/C7H3I2NO.H2O2/c8-5-1-4(3-10)2-6(9)7(5)11;1-2/h1-2,11H;1-2H. The van der Waals surface area contributed by atoms with Gasteiger partial charge in [-0.1, -0.05) is 0 Å². The van der Waals surface area contributed by atoms with Crippen LogP contribution in [0.4, 0.5) is 0 Å². The van der Waals surface area contributed by atoms with Crippen LogP contribution in [-0.4, -0.2) is 15.6 Å². The molecular weight excluding hydrogens is 400 g/mol. The number of nitriles is 1. The van der Waals surface area contributed by atoms with E-state index >= 15 is 0 Å². The predicted octanol–water partition coefficient (Wildman–Crippen LogP) is 2.49. The maximum atomic E-state index is 9.30. The lowest BCUT2D eigenvalue weighted by Gasteiger charge is -1.99. The Morgan fingerprint density at radius 2 is 1.54 bits per heavy atom. The molecule has 0 spiro atoms. The first kappa shape index (κ1) is 12.9. The van der Waals surface area contributed by atoms with Gasteiger partial charge in [-0.3, -0.25) is 10.5 Å². The number of phenols is 1. The lowest BCUT2D eigenvalue weighted by Crippen LogP contribution is -1.82. The molecule has 13 heavy (non-hydrogen) atoms. The molecule has 0 aliphatic heterocycles. The lowest BCUT2D eigenvalue weighted by molar-refractivity contribution is -0.176. The Morgan fingerprint density at radius 1 is 1.15 bits per heavy atom. The molecule has 3 N–H and O–H groups in total. The Labute approximate surface area is 102 Å². The van der Waals surface area contributed by atoms with Crippen LogP contribution in [0.15, 0.2) is 12.1 Å². The molecule has 0 aliphatic carbocycles. The van der Waals surface area contributed by atoms with Gasteiger partial charge in [0.2, 0.25) is 0 Å². The van der Waals surface area contributed by atoms with E-state index in [1.54, 1.807) is 12.1 Å². The van der Waals surface area contributed by atoms with Crippen LogP contribution in [0, 0.1) is 18.5 Å². The van der Waals surface area contributed by atoms with Gasteiger partial charge in [0.05, 0.1) is 18.8 Å². The highest BCUT2D eigenvalue weighted by Gasteiger charge is 2.04. The maximum Gasteiger partial charge on any atom is 0.142 e. The van der Waals surface area contributed by atoms with Crippen LogP contribution >= 0.6 is 45.2 Å². The van der Waals surface area contributed by atoms with Gasteiger partial charge < -0.3 is 5.11 Å². The summed E-state index contributed by atoms with van der Waals surface area (Å²) in [5.74, 6) is 0.255. The van der Waals surface area contributed by atoms with Gasteiger partial charge in [-0.05, 0) is 57.3 Å². The first-order chi connectivity index (χ1) is 6.15. The molecule has 1 aromatic rings. The third kappa shape index (κ3) is 3.63. The number of halogens is 2. The Bertz CT molecular complexity index is 312. The fourth-order valence-corrected chi connectivity index (χ4v) is 2.40. The fraction of sp³-hybridized carbons (Fsp3) is 0. The van der Waals surface area contributed by atoms with Crippen molar-refractivity contribution in [2.45, 2.75) is 0 Å². The van der Waals surface area contributed by atoms with E-state index in [4.69, 9.17) is 15.8 Å². The summed E-state index contributed by atoms with van der Waals surface area (Å²) in [4.78, 5) is 0. The van der Waals surface area contributed by atoms with Gasteiger partial charge >= 0.3 is 0 Å². The smallest absolute Gasteiger partial charge is 0.142 e. The van der Waals surface area contributed by atoms with Crippen LogP contribution < -0.4 is 0 Å². The van der Waals surface area contributed by atoms with Gasteiger partial charge in [-0.25, -0.2) is 0 Å². The van der Waals surface area contributed by atoms with E-state index in [0.717, 1.165) is 0 Å². The van der Waals surface area contributed by atoms with Crippen LogP contribution in [0.2, 0.25) is 0 Å². The van der Waals surface area contributed by atoms with Crippen molar-refractivity contribution >= 4 is 45.2 Å². The van der Waals surface area contributed by atoms with Crippen LogP contribution in [0.25, 0.3) is 0 Å². The van der Waals surface area contributed by atoms with Crippen molar-refractivity contribution in [1.29, 1.82) is 5.26 Å². The molecule has 4 nitrogen and oxygen atoms in total. The highest BCUT2D eigenvalue weighted by atomic mass is 127. The molecule has 0 heterocycles. The average molecular weight is 405 g/mol. The number of nitrogens with zero attached hydrogens (tertiary/aromatic N) is 1. The lowest BCUT2D eigenvalue weighted by atomic mass is 10.2. The summed E-state index contributed by atoms with van der Waals surface area (Å²) < 4.78 is 1.43. The molecule has 0 saturated carbocycles. The van der Waals surface area contributed by atoms with Gasteiger partial charge in [-0.2, -0.15) is 5.26 Å². The summed E-state index contributed by atoms with van der Waals surface area (Å²) in [5, 5.41) is 29.8. The minimum Gasteiger partial charge on any atom is -0.506 e. The first-order valence-corrected chi connectivity index (χ1v) is 5.09. The zero-order valence-electron chi connectivity index (χ0n) is 6.20. The van der Waals surface area contributed by atoms with Crippen molar-refractivity contribution in [2.24, 2.45) is 0 Å². The predicted molar refractivity (Wildman–Crippen MR) is 63.5 cm³/mol. The van der Waals surface area contributed by atoms with Crippen molar-refractivity contribution in [3.8, 4) is 11.8 Å². The van der Waals surface area contributed by atoms with E-state index in [2.05, 4.69) is 0 Å². The summed E-state index contributed by atoms with van der Waals surface area (Å²) in [6, 6.07) is 5.32. The summed E-state index contributed by atoms with van der Waals surface area (Å²) in [5.41, 5.74) is 0.580. The number of benzene rings is 1. The topological polar surface area (TPSA) is 84.5 Å². The molecule has 0 unspecified atom stereocenters. The second-order valence-electron chi connectivity index (χ2n) is 1.90. The molecule has 0 radical (unpaired) electrons. The Hall–Kier alpha value is -0.110. The zero-order valence-corrected chi connectivity index (χ0v) is 10.5. The minimum absolute atomic E-state index is 0.255. The minimum atomic E-state index is 0.255. The molecule has 0 bridgehead atoms. The van der Waals surface area contributed by atoms with E-state index in [9.17, 15) is 5.11 Å². The molecule has 70 valence electrons. The van der Waals surface area contributed by atoms with E-state index in [1.165, 1.54) is 0 Å². The van der Waals surface area contributed by atoms with Crippen molar-refractivity contribution in [1.82, 2.24) is 0 Å². The quantitative estimate of drug-likeness (QED) is 0.352. The summed E-state index contributed by atoms with van der Waals surface area (Å²) in [6.45, 7) is 0. The third-order valence-corrected chi connectivity index (χ3v) is 2.79. The van der Waals surface area contributed by atoms with Gasteiger partial charge in [-0.15, -0.1) is 0 Å². The van der Waals surface area contributed by atoms with Crippen molar-refractivity contribution in [3.63, 3.8) is 0 Å². The monoisotopic (exact) mass is 405 g/mol. The summed E-state index contributed by atoms with van der Waals surface area (Å²) >= 11 is 3.99. The third-order valence-electron chi connectivity index (χ3n) is 1.15. The number of aromatic hydroxyl groups is 1. The van der Waals surface area contributed by atoms with Gasteiger partial charge in [0.1, 0.15) is 5.75 Å².